The third-order valence-corrected chi connectivity index (χ3v) is 3.40. The van der Waals surface area contributed by atoms with Gasteiger partial charge in [-0.2, -0.15) is 0 Å². The predicted octanol–water partition coefficient (Wildman–Crippen LogP) is 1.35. The van der Waals surface area contributed by atoms with Crippen molar-refractivity contribution in [2.75, 3.05) is 6.61 Å². The van der Waals surface area contributed by atoms with Crippen LogP contribution in [-0.2, 0) is 23.7 Å². The van der Waals surface area contributed by atoms with Gasteiger partial charge in [-0.1, -0.05) is 0 Å². The fourth-order valence-electron chi connectivity index (χ4n) is 2.67. The summed E-state index contributed by atoms with van der Waals surface area (Å²) in [6.07, 6.45) is -3.72. The Morgan fingerprint density at radius 1 is 0.944 bits per heavy atom. The zero-order valence-electron chi connectivity index (χ0n) is 11.0. The minimum atomic E-state index is -1.26. The molecule has 5 nitrogen and oxygen atoms in total. The average Bonchev–Trinajstić information content (AvgIpc) is 2.81. The second-order valence-corrected chi connectivity index (χ2v) is 5.88. The number of rotatable bonds is 1. The largest absolute Gasteiger partial charge is 0.348 e. The van der Waals surface area contributed by atoms with E-state index in [4.69, 9.17) is 23.7 Å². The van der Waals surface area contributed by atoms with E-state index in [-0.39, 0.29) is 0 Å². The highest BCUT2D eigenvalue weighted by Gasteiger charge is 2.58. The molecule has 3 heterocycles. The summed E-state index contributed by atoms with van der Waals surface area (Å²) < 4.78 is 42.0. The monoisotopic (exact) mass is 262 g/mol. The summed E-state index contributed by atoms with van der Waals surface area (Å²) in [5.74, 6) is -1.48. The topological polar surface area (TPSA) is 46.2 Å². The van der Waals surface area contributed by atoms with Crippen molar-refractivity contribution in [3.05, 3.63) is 0 Å². The van der Waals surface area contributed by atoms with E-state index in [0.29, 0.717) is 6.61 Å². The van der Waals surface area contributed by atoms with E-state index < -0.39 is 42.3 Å². The standard InChI is InChI=1S/C12H19FO5/c1-11(2)14-5-6(16-11)8-7(13)9-10(15-8)18-12(3,4)17-9/h6-10H,5H2,1-4H3/t6-,7?,8?,9-,10?/m1/s1. The lowest BCUT2D eigenvalue weighted by Crippen LogP contribution is -2.40. The Balaban J connectivity index is 1.68. The Morgan fingerprint density at radius 2 is 1.67 bits per heavy atom. The molecule has 0 aromatic heterocycles. The number of hydrogen-bond donors (Lipinski definition) is 0. The Hall–Kier alpha value is -0.270. The van der Waals surface area contributed by atoms with Gasteiger partial charge in [0.05, 0.1) is 6.61 Å². The van der Waals surface area contributed by atoms with Gasteiger partial charge in [-0.3, -0.25) is 0 Å². The molecule has 6 heteroatoms. The Kier molecular flexibility index (Phi) is 2.74. The SMILES string of the molecule is CC1(C)OC2OC([C@H]3COC(C)(C)O3)C(F)[C@H]2O1. The zero-order valence-corrected chi connectivity index (χ0v) is 11.0. The molecule has 0 radical (unpaired) electrons. The number of alkyl halides is 1. The van der Waals surface area contributed by atoms with Crippen molar-refractivity contribution in [3.63, 3.8) is 0 Å². The summed E-state index contributed by atoms with van der Waals surface area (Å²) in [6, 6.07) is 0. The maximum atomic E-state index is 14.3. The van der Waals surface area contributed by atoms with Crippen molar-refractivity contribution >= 4 is 0 Å². The quantitative estimate of drug-likeness (QED) is 0.714. The summed E-state index contributed by atoms with van der Waals surface area (Å²) in [5, 5.41) is 0. The van der Waals surface area contributed by atoms with Gasteiger partial charge in [0.1, 0.15) is 18.3 Å². The van der Waals surface area contributed by atoms with Crippen LogP contribution in [0.15, 0.2) is 0 Å². The van der Waals surface area contributed by atoms with Crippen LogP contribution in [0.3, 0.4) is 0 Å². The van der Waals surface area contributed by atoms with Crippen molar-refractivity contribution in [2.24, 2.45) is 0 Å². The van der Waals surface area contributed by atoms with Crippen LogP contribution in [0.4, 0.5) is 4.39 Å². The van der Waals surface area contributed by atoms with Crippen LogP contribution in [-0.4, -0.2) is 49.0 Å². The lowest BCUT2D eigenvalue weighted by atomic mass is 10.1. The lowest BCUT2D eigenvalue weighted by Gasteiger charge is -2.25. The van der Waals surface area contributed by atoms with Crippen LogP contribution in [0.2, 0.25) is 0 Å². The van der Waals surface area contributed by atoms with Crippen LogP contribution in [0.1, 0.15) is 27.7 Å². The van der Waals surface area contributed by atoms with Crippen molar-refractivity contribution in [1.29, 1.82) is 0 Å². The normalized spacial score (nSPS) is 49.5. The van der Waals surface area contributed by atoms with E-state index in [2.05, 4.69) is 0 Å². The molecule has 0 N–H and O–H groups in total. The van der Waals surface area contributed by atoms with Gasteiger partial charge in [0.2, 0.25) is 0 Å². The average molecular weight is 262 g/mol. The maximum Gasteiger partial charge on any atom is 0.190 e. The Bertz CT molecular complexity index is 345. The van der Waals surface area contributed by atoms with Crippen LogP contribution in [0.25, 0.3) is 0 Å². The smallest absolute Gasteiger partial charge is 0.190 e. The van der Waals surface area contributed by atoms with Gasteiger partial charge in [-0.25, -0.2) is 4.39 Å². The van der Waals surface area contributed by atoms with Crippen LogP contribution < -0.4 is 0 Å². The molecular formula is C12H19FO5. The van der Waals surface area contributed by atoms with Crippen molar-refractivity contribution in [1.82, 2.24) is 0 Å². The number of ether oxygens (including phenoxy) is 5. The van der Waals surface area contributed by atoms with E-state index in [1.807, 2.05) is 0 Å². The molecule has 18 heavy (non-hydrogen) atoms. The minimum Gasteiger partial charge on any atom is -0.348 e. The molecule has 3 aliphatic heterocycles. The van der Waals surface area contributed by atoms with Crippen molar-refractivity contribution in [3.8, 4) is 0 Å². The van der Waals surface area contributed by atoms with E-state index >= 15 is 0 Å². The molecule has 3 rings (SSSR count). The lowest BCUT2D eigenvalue weighted by molar-refractivity contribution is -0.227. The van der Waals surface area contributed by atoms with Crippen molar-refractivity contribution < 1.29 is 28.1 Å². The molecule has 0 aromatic carbocycles. The number of halogens is 1. The highest BCUT2D eigenvalue weighted by Crippen LogP contribution is 2.41. The number of fused-ring (bicyclic) bond motifs is 1. The van der Waals surface area contributed by atoms with Gasteiger partial charge < -0.3 is 23.7 Å². The first-order valence-electron chi connectivity index (χ1n) is 6.24. The Morgan fingerprint density at radius 3 is 2.22 bits per heavy atom. The molecule has 0 spiro atoms. The third-order valence-electron chi connectivity index (χ3n) is 3.40. The first-order chi connectivity index (χ1) is 8.27. The molecule has 0 bridgehead atoms. The van der Waals surface area contributed by atoms with Gasteiger partial charge in [-0.15, -0.1) is 0 Å². The van der Waals surface area contributed by atoms with Crippen molar-refractivity contribution in [2.45, 2.75) is 70.0 Å². The molecule has 104 valence electrons. The summed E-state index contributed by atoms with van der Waals surface area (Å²) in [4.78, 5) is 0. The molecular weight excluding hydrogens is 243 g/mol. The summed E-state index contributed by atoms with van der Waals surface area (Å²) in [7, 11) is 0. The second-order valence-electron chi connectivity index (χ2n) is 5.88. The molecule has 3 fully saturated rings. The summed E-state index contributed by atoms with van der Waals surface area (Å²) >= 11 is 0. The van der Waals surface area contributed by atoms with Crippen LogP contribution in [0.5, 0.6) is 0 Å². The highest BCUT2D eigenvalue weighted by atomic mass is 19.1. The van der Waals surface area contributed by atoms with E-state index in [0.717, 1.165) is 0 Å². The maximum absolute atomic E-state index is 14.3. The third kappa shape index (κ3) is 2.06. The minimum absolute atomic E-state index is 0.320. The number of hydrogen-bond acceptors (Lipinski definition) is 5. The molecule has 3 aliphatic rings. The molecule has 0 aromatic rings. The van der Waals surface area contributed by atoms with Gasteiger partial charge in [-0.05, 0) is 27.7 Å². The van der Waals surface area contributed by atoms with E-state index in [9.17, 15) is 4.39 Å². The molecule has 5 atom stereocenters. The first-order valence-corrected chi connectivity index (χ1v) is 6.24. The zero-order chi connectivity index (χ0) is 13.1. The molecule has 0 aliphatic carbocycles. The van der Waals surface area contributed by atoms with Gasteiger partial charge in [0, 0.05) is 0 Å². The second kappa shape index (κ2) is 3.86. The highest BCUT2D eigenvalue weighted by molar-refractivity contribution is 4.97. The van der Waals surface area contributed by atoms with Gasteiger partial charge in [0.15, 0.2) is 24.0 Å². The molecule has 3 unspecified atom stereocenters. The fraction of sp³-hybridized carbons (Fsp3) is 1.00. The van der Waals surface area contributed by atoms with Crippen LogP contribution in [0, 0.1) is 0 Å². The summed E-state index contributed by atoms with van der Waals surface area (Å²) in [5.41, 5.74) is 0. The van der Waals surface area contributed by atoms with E-state index in [1.54, 1.807) is 27.7 Å². The summed E-state index contributed by atoms with van der Waals surface area (Å²) in [6.45, 7) is 7.41. The van der Waals surface area contributed by atoms with Crippen LogP contribution >= 0.6 is 0 Å². The molecule has 3 saturated heterocycles. The Labute approximate surface area is 105 Å². The molecule has 0 amide bonds. The predicted molar refractivity (Wildman–Crippen MR) is 58.5 cm³/mol. The van der Waals surface area contributed by atoms with Gasteiger partial charge in [0.25, 0.3) is 0 Å². The fourth-order valence-corrected chi connectivity index (χ4v) is 2.67. The molecule has 0 saturated carbocycles. The van der Waals surface area contributed by atoms with E-state index in [1.165, 1.54) is 0 Å². The van der Waals surface area contributed by atoms with Gasteiger partial charge >= 0.3 is 0 Å². The first kappa shape index (κ1) is 12.7.